The molecule has 1 aromatic carbocycles. The molecule has 23 heavy (non-hydrogen) atoms. The second kappa shape index (κ2) is 7.31. The van der Waals surface area contributed by atoms with Crippen LogP contribution in [0, 0.1) is 0 Å². The Hall–Kier alpha value is -1.61. The van der Waals surface area contributed by atoms with Crippen LogP contribution in [0.2, 0.25) is 5.02 Å². The minimum absolute atomic E-state index is 0.295. The predicted octanol–water partition coefficient (Wildman–Crippen LogP) is 4.37. The van der Waals surface area contributed by atoms with Gasteiger partial charge in [-0.15, -0.1) is 0 Å². The van der Waals surface area contributed by atoms with E-state index in [0.717, 1.165) is 31.2 Å². The lowest BCUT2D eigenvalue weighted by atomic mass is 9.93. The summed E-state index contributed by atoms with van der Waals surface area (Å²) >= 11 is 6.22. The van der Waals surface area contributed by atoms with E-state index in [9.17, 15) is 0 Å². The van der Waals surface area contributed by atoms with Crippen molar-refractivity contribution in [2.24, 2.45) is 0 Å². The van der Waals surface area contributed by atoms with Crippen molar-refractivity contribution < 1.29 is 0 Å². The molecular formula is C20H23ClN2. The van der Waals surface area contributed by atoms with Crippen LogP contribution in [0.4, 0.5) is 0 Å². The van der Waals surface area contributed by atoms with Gasteiger partial charge in [0.25, 0.3) is 0 Å². The number of piperazine rings is 1. The number of rotatable bonds is 3. The summed E-state index contributed by atoms with van der Waals surface area (Å²) in [4.78, 5) is 2.56. The average molecular weight is 327 g/mol. The Kier molecular flexibility index (Phi) is 5.16. The third-order valence-corrected chi connectivity index (χ3v) is 4.82. The van der Waals surface area contributed by atoms with Gasteiger partial charge in [0.05, 0.1) is 6.04 Å². The molecule has 1 N–H and O–H groups in total. The largest absolute Gasteiger partial charge is 0.314 e. The first-order valence-corrected chi connectivity index (χ1v) is 8.50. The van der Waals surface area contributed by atoms with Crippen molar-refractivity contribution in [1.82, 2.24) is 10.2 Å². The molecule has 0 bridgehead atoms. The van der Waals surface area contributed by atoms with Crippen molar-refractivity contribution in [1.29, 1.82) is 0 Å². The summed E-state index contributed by atoms with van der Waals surface area (Å²) in [6.45, 7) is 10.2. The maximum atomic E-state index is 6.22. The van der Waals surface area contributed by atoms with Crippen LogP contribution in [-0.4, -0.2) is 31.1 Å². The van der Waals surface area contributed by atoms with Crippen LogP contribution < -0.4 is 5.32 Å². The van der Waals surface area contributed by atoms with E-state index in [0.29, 0.717) is 6.04 Å². The molecule has 1 atom stereocenters. The van der Waals surface area contributed by atoms with Crippen molar-refractivity contribution in [2.45, 2.75) is 13.0 Å². The molecule has 3 rings (SSSR count). The lowest BCUT2D eigenvalue weighted by molar-refractivity contribution is 0.195. The van der Waals surface area contributed by atoms with Crippen LogP contribution in [-0.2, 0) is 0 Å². The van der Waals surface area contributed by atoms with Gasteiger partial charge in [-0.25, -0.2) is 0 Å². The van der Waals surface area contributed by atoms with Crippen LogP contribution in [0.5, 0.6) is 0 Å². The molecule has 1 heterocycles. The average Bonchev–Trinajstić information content (AvgIpc) is 2.70. The van der Waals surface area contributed by atoms with Crippen LogP contribution in [0.3, 0.4) is 0 Å². The molecule has 2 aliphatic rings. The Morgan fingerprint density at radius 2 is 2.04 bits per heavy atom. The van der Waals surface area contributed by atoms with Gasteiger partial charge in [-0.3, -0.25) is 4.90 Å². The first kappa shape index (κ1) is 16.3. The monoisotopic (exact) mass is 326 g/mol. The van der Waals surface area contributed by atoms with Crippen molar-refractivity contribution in [3.8, 4) is 0 Å². The third kappa shape index (κ3) is 3.50. The second-order valence-electron chi connectivity index (χ2n) is 6.03. The molecule has 3 heteroatoms. The predicted molar refractivity (Wildman–Crippen MR) is 99.7 cm³/mol. The zero-order chi connectivity index (χ0) is 16.2. The van der Waals surface area contributed by atoms with Gasteiger partial charge in [-0.1, -0.05) is 54.6 Å². The van der Waals surface area contributed by atoms with E-state index in [1.807, 2.05) is 18.2 Å². The van der Waals surface area contributed by atoms with Gasteiger partial charge in [0.15, 0.2) is 0 Å². The third-order valence-electron chi connectivity index (χ3n) is 4.58. The van der Waals surface area contributed by atoms with Gasteiger partial charge in [0.1, 0.15) is 0 Å². The number of nitrogens with one attached hydrogen (secondary N) is 1. The minimum atomic E-state index is 0.295. The highest BCUT2D eigenvalue weighted by atomic mass is 35.5. The maximum absolute atomic E-state index is 6.22. The van der Waals surface area contributed by atoms with Gasteiger partial charge in [0, 0.05) is 31.2 Å². The van der Waals surface area contributed by atoms with Crippen molar-refractivity contribution in [3.63, 3.8) is 0 Å². The molecule has 1 aliphatic carbocycles. The SMILES string of the molecule is C=C/C=C\C1=C(C)C(N2CCNCC2)c2ccc(Cl)cc2C=C1. The van der Waals surface area contributed by atoms with Crippen molar-refractivity contribution >= 4 is 17.7 Å². The normalized spacial score (nSPS) is 22.3. The van der Waals surface area contributed by atoms with E-state index >= 15 is 0 Å². The number of nitrogens with zero attached hydrogens (tertiary/aromatic N) is 1. The molecule has 0 radical (unpaired) electrons. The molecular weight excluding hydrogens is 304 g/mol. The smallest absolute Gasteiger partial charge is 0.0574 e. The highest BCUT2D eigenvalue weighted by Gasteiger charge is 2.27. The molecule has 0 aromatic heterocycles. The fourth-order valence-corrected chi connectivity index (χ4v) is 3.59. The zero-order valence-electron chi connectivity index (χ0n) is 13.6. The number of fused-ring (bicyclic) bond motifs is 1. The molecule has 0 amide bonds. The van der Waals surface area contributed by atoms with Gasteiger partial charge in [-0.05, 0) is 41.3 Å². The quantitative estimate of drug-likeness (QED) is 0.830. The van der Waals surface area contributed by atoms with E-state index in [-0.39, 0.29) is 0 Å². The number of benzene rings is 1. The number of allylic oxidation sites excluding steroid dienone is 5. The first-order valence-electron chi connectivity index (χ1n) is 8.13. The maximum Gasteiger partial charge on any atom is 0.0574 e. The molecule has 1 unspecified atom stereocenters. The van der Waals surface area contributed by atoms with Crippen molar-refractivity contribution in [3.05, 3.63) is 76.4 Å². The Morgan fingerprint density at radius 3 is 2.78 bits per heavy atom. The Labute approximate surface area is 143 Å². The number of hydrogen-bond acceptors (Lipinski definition) is 2. The molecule has 0 saturated carbocycles. The molecule has 1 aromatic rings. The standard InChI is InChI=1S/C20H23ClN2/c1-3-4-5-16-6-7-17-14-18(21)8-9-19(17)20(15(16)2)23-12-10-22-11-13-23/h3-9,14,20,22H,1,10-13H2,2H3/b5-4-. The van der Waals surface area contributed by atoms with Crippen molar-refractivity contribution in [2.75, 3.05) is 26.2 Å². The lowest BCUT2D eigenvalue weighted by Crippen LogP contribution is -2.45. The summed E-state index contributed by atoms with van der Waals surface area (Å²) in [5, 5.41) is 4.23. The van der Waals surface area contributed by atoms with E-state index in [4.69, 9.17) is 11.6 Å². The molecule has 120 valence electrons. The van der Waals surface area contributed by atoms with Gasteiger partial charge < -0.3 is 5.32 Å². The molecule has 1 aliphatic heterocycles. The van der Waals surface area contributed by atoms with Crippen LogP contribution >= 0.6 is 11.6 Å². The van der Waals surface area contributed by atoms with E-state index < -0.39 is 0 Å². The highest BCUT2D eigenvalue weighted by molar-refractivity contribution is 6.30. The van der Waals surface area contributed by atoms with E-state index in [1.54, 1.807) is 0 Å². The van der Waals surface area contributed by atoms with Crippen LogP contribution in [0.25, 0.3) is 6.08 Å². The Bertz CT molecular complexity index is 679. The summed E-state index contributed by atoms with van der Waals surface area (Å²) in [5.41, 5.74) is 5.18. The fraction of sp³-hybridized carbons (Fsp3) is 0.300. The minimum Gasteiger partial charge on any atom is -0.314 e. The lowest BCUT2D eigenvalue weighted by Gasteiger charge is -2.36. The molecule has 2 nitrogen and oxygen atoms in total. The van der Waals surface area contributed by atoms with Gasteiger partial charge >= 0.3 is 0 Å². The Morgan fingerprint density at radius 1 is 1.26 bits per heavy atom. The van der Waals surface area contributed by atoms with Crippen LogP contribution in [0.1, 0.15) is 24.1 Å². The van der Waals surface area contributed by atoms with Crippen LogP contribution in [0.15, 0.2) is 60.2 Å². The number of hydrogen-bond donors (Lipinski definition) is 1. The summed E-state index contributed by atoms with van der Waals surface area (Å²) in [6.07, 6.45) is 10.3. The van der Waals surface area contributed by atoms with Gasteiger partial charge in [0.2, 0.25) is 0 Å². The van der Waals surface area contributed by atoms with E-state index in [2.05, 4.69) is 54.1 Å². The number of halogens is 1. The second-order valence-corrected chi connectivity index (χ2v) is 6.46. The zero-order valence-corrected chi connectivity index (χ0v) is 14.3. The summed E-state index contributed by atoms with van der Waals surface area (Å²) in [7, 11) is 0. The van der Waals surface area contributed by atoms with E-state index in [1.165, 1.54) is 22.3 Å². The first-order chi connectivity index (χ1) is 11.2. The highest BCUT2D eigenvalue weighted by Crippen LogP contribution is 2.37. The van der Waals surface area contributed by atoms with Gasteiger partial charge in [-0.2, -0.15) is 0 Å². The fourth-order valence-electron chi connectivity index (χ4n) is 3.41. The summed E-state index contributed by atoms with van der Waals surface area (Å²) in [5.74, 6) is 0. The summed E-state index contributed by atoms with van der Waals surface area (Å²) in [6, 6.07) is 6.54. The topological polar surface area (TPSA) is 15.3 Å². The molecule has 0 spiro atoms. The summed E-state index contributed by atoms with van der Waals surface area (Å²) < 4.78 is 0. The Balaban J connectivity index is 2.10. The molecule has 1 saturated heterocycles. The molecule has 1 fully saturated rings.